The van der Waals surface area contributed by atoms with Crippen molar-refractivity contribution in [3.05, 3.63) is 48.0 Å². The van der Waals surface area contributed by atoms with Crippen LogP contribution in [0.2, 0.25) is 0 Å². The zero-order valence-corrected chi connectivity index (χ0v) is 10.6. The van der Waals surface area contributed by atoms with Crippen LogP contribution >= 0.6 is 0 Å². The summed E-state index contributed by atoms with van der Waals surface area (Å²) in [4.78, 5) is 21.8. The van der Waals surface area contributed by atoms with Gasteiger partial charge in [-0.2, -0.15) is 0 Å². The number of rotatable bonds is 7. The lowest BCUT2D eigenvalue weighted by atomic mass is 10.1. The Bertz CT molecular complexity index is 407. The topological polar surface area (TPSA) is 43.4 Å². The lowest BCUT2D eigenvalue weighted by molar-refractivity contribution is -0.138. The van der Waals surface area contributed by atoms with Gasteiger partial charge in [0.1, 0.15) is 5.78 Å². The van der Waals surface area contributed by atoms with Crippen molar-refractivity contribution >= 4 is 11.8 Å². The Morgan fingerprint density at radius 3 is 2.61 bits per heavy atom. The molecule has 0 N–H and O–H groups in total. The third kappa shape index (κ3) is 6.63. The van der Waals surface area contributed by atoms with Crippen LogP contribution in [0.1, 0.15) is 25.3 Å². The van der Waals surface area contributed by atoms with Gasteiger partial charge < -0.3 is 4.74 Å². The molecule has 1 rings (SSSR count). The molecule has 0 bridgehead atoms. The highest BCUT2D eigenvalue weighted by Crippen LogP contribution is 2.02. The minimum absolute atomic E-state index is 0.0239. The smallest absolute Gasteiger partial charge is 0.330 e. The van der Waals surface area contributed by atoms with Crippen molar-refractivity contribution in [3.63, 3.8) is 0 Å². The van der Waals surface area contributed by atoms with E-state index in [9.17, 15) is 9.59 Å². The van der Waals surface area contributed by atoms with Gasteiger partial charge in [-0.15, -0.1) is 0 Å². The van der Waals surface area contributed by atoms with Crippen LogP contribution in [-0.2, 0) is 20.7 Å². The lowest BCUT2D eigenvalue weighted by Gasteiger charge is -1.99. The zero-order chi connectivity index (χ0) is 13.2. The Morgan fingerprint density at radius 1 is 1.22 bits per heavy atom. The van der Waals surface area contributed by atoms with Crippen LogP contribution in [0.5, 0.6) is 0 Å². The molecule has 0 amide bonds. The number of esters is 1. The fourth-order valence-corrected chi connectivity index (χ4v) is 1.42. The molecule has 0 fully saturated rings. The monoisotopic (exact) mass is 246 g/mol. The molecule has 0 spiro atoms. The average Bonchev–Trinajstić information content (AvgIpc) is 2.35. The van der Waals surface area contributed by atoms with E-state index in [1.165, 1.54) is 18.6 Å². The molecule has 1 aromatic carbocycles. The molecule has 0 radical (unpaired) electrons. The first-order chi connectivity index (χ1) is 8.68. The number of ketones is 1. The minimum Gasteiger partial charge on any atom is -0.462 e. The summed E-state index contributed by atoms with van der Waals surface area (Å²) < 4.78 is 4.86. The lowest BCUT2D eigenvalue weighted by Crippen LogP contribution is -2.05. The summed E-state index contributed by atoms with van der Waals surface area (Å²) in [6, 6.07) is 10.1. The number of ether oxygens (including phenoxy) is 1. The minimum atomic E-state index is -0.385. The highest BCUT2D eigenvalue weighted by Gasteiger charge is 1.98. The first-order valence-electron chi connectivity index (χ1n) is 6.05. The maximum Gasteiger partial charge on any atom is 0.330 e. The average molecular weight is 246 g/mol. The van der Waals surface area contributed by atoms with Gasteiger partial charge in [-0.3, -0.25) is 4.79 Å². The molecule has 0 aromatic heterocycles. The molecule has 0 aliphatic carbocycles. The number of carbonyl (C=O) groups is 2. The normalized spacial score (nSPS) is 10.5. The maximum absolute atomic E-state index is 11.2. The second-order valence-electron chi connectivity index (χ2n) is 4.05. The summed E-state index contributed by atoms with van der Waals surface area (Å²) in [5.74, 6) is -0.361. The number of aryl methyl sites for hydroxylation is 1. The first-order valence-corrected chi connectivity index (χ1v) is 6.05. The van der Waals surface area contributed by atoms with Crippen molar-refractivity contribution in [2.24, 2.45) is 0 Å². The molecule has 0 atom stereocenters. The summed E-state index contributed by atoms with van der Waals surface area (Å²) >= 11 is 0. The predicted octanol–water partition coefficient (Wildman–Crippen LogP) is 2.70. The number of carbonyl (C=O) groups excluding carboxylic acids is 2. The largest absolute Gasteiger partial charge is 0.462 e. The molecule has 18 heavy (non-hydrogen) atoms. The third-order valence-electron chi connectivity index (χ3n) is 2.39. The highest BCUT2D eigenvalue weighted by atomic mass is 16.5. The van der Waals surface area contributed by atoms with Crippen LogP contribution in [0.15, 0.2) is 42.5 Å². The van der Waals surface area contributed by atoms with E-state index in [0.717, 1.165) is 12.8 Å². The van der Waals surface area contributed by atoms with Gasteiger partial charge in [0.25, 0.3) is 0 Å². The fourth-order valence-electron chi connectivity index (χ4n) is 1.42. The quantitative estimate of drug-likeness (QED) is 0.549. The molecule has 0 saturated carbocycles. The van der Waals surface area contributed by atoms with Crippen molar-refractivity contribution in [1.82, 2.24) is 0 Å². The maximum atomic E-state index is 11.2. The van der Waals surface area contributed by atoms with Crippen LogP contribution in [-0.4, -0.2) is 18.4 Å². The van der Waals surface area contributed by atoms with Crippen molar-refractivity contribution in [1.29, 1.82) is 0 Å². The molecule has 0 unspecified atom stereocenters. The van der Waals surface area contributed by atoms with Gasteiger partial charge >= 0.3 is 5.97 Å². The molecule has 3 nitrogen and oxygen atoms in total. The molecular formula is C15H18O3. The summed E-state index contributed by atoms with van der Waals surface area (Å²) in [6.45, 7) is 1.64. The van der Waals surface area contributed by atoms with Gasteiger partial charge in [-0.05, 0) is 25.3 Å². The molecule has 3 heteroatoms. The SMILES string of the molecule is CC(=O)CCOC(=O)/C=C/CCc1ccccc1. The highest BCUT2D eigenvalue weighted by molar-refractivity contribution is 5.82. The molecule has 1 aromatic rings. The van der Waals surface area contributed by atoms with Crippen molar-refractivity contribution in [2.75, 3.05) is 6.61 Å². The van der Waals surface area contributed by atoms with Crippen LogP contribution in [0.3, 0.4) is 0 Å². The van der Waals surface area contributed by atoms with E-state index in [1.54, 1.807) is 6.08 Å². The summed E-state index contributed by atoms with van der Waals surface area (Å²) in [6.07, 6.45) is 5.19. The van der Waals surface area contributed by atoms with E-state index < -0.39 is 0 Å². The Kier molecular flexibility index (Phi) is 6.47. The Balaban J connectivity index is 2.16. The van der Waals surface area contributed by atoms with E-state index >= 15 is 0 Å². The van der Waals surface area contributed by atoms with Gasteiger partial charge in [0.15, 0.2) is 0 Å². The predicted molar refractivity (Wildman–Crippen MR) is 70.2 cm³/mol. The molecule has 0 aliphatic heterocycles. The molecule has 96 valence electrons. The van der Waals surface area contributed by atoms with E-state index in [1.807, 2.05) is 18.2 Å². The first kappa shape index (κ1) is 14.2. The van der Waals surface area contributed by atoms with Crippen LogP contribution in [0.25, 0.3) is 0 Å². The molecule has 0 heterocycles. The van der Waals surface area contributed by atoms with Gasteiger partial charge in [-0.25, -0.2) is 4.79 Å². The summed E-state index contributed by atoms with van der Waals surface area (Å²) in [7, 11) is 0. The molecule has 0 aliphatic rings. The van der Waals surface area contributed by atoms with Gasteiger partial charge in [0, 0.05) is 12.5 Å². The Labute approximate surface area is 107 Å². The van der Waals surface area contributed by atoms with Gasteiger partial charge in [0.2, 0.25) is 0 Å². The number of allylic oxidation sites excluding steroid dienone is 1. The van der Waals surface area contributed by atoms with Crippen LogP contribution in [0, 0.1) is 0 Å². The fraction of sp³-hybridized carbons (Fsp3) is 0.333. The Hall–Kier alpha value is -1.90. The van der Waals surface area contributed by atoms with E-state index in [0.29, 0.717) is 0 Å². The Morgan fingerprint density at radius 2 is 1.94 bits per heavy atom. The van der Waals surface area contributed by atoms with Crippen molar-refractivity contribution < 1.29 is 14.3 Å². The number of benzene rings is 1. The number of hydrogen-bond donors (Lipinski definition) is 0. The molecule has 0 saturated heterocycles. The second kappa shape index (κ2) is 8.23. The van der Waals surface area contributed by atoms with Gasteiger partial charge in [-0.1, -0.05) is 36.4 Å². The van der Waals surface area contributed by atoms with E-state index in [2.05, 4.69) is 12.1 Å². The van der Waals surface area contributed by atoms with E-state index in [4.69, 9.17) is 4.74 Å². The summed E-state index contributed by atoms with van der Waals surface area (Å²) in [5, 5.41) is 0. The van der Waals surface area contributed by atoms with E-state index in [-0.39, 0.29) is 24.8 Å². The third-order valence-corrected chi connectivity index (χ3v) is 2.39. The number of Topliss-reactive ketones (excluding diaryl/α,β-unsaturated/α-hetero) is 1. The molecular weight excluding hydrogens is 228 g/mol. The van der Waals surface area contributed by atoms with Crippen LogP contribution < -0.4 is 0 Å². The van der Waals surface area contributed by atoms with Crippen LogP contribution in [0.4, 0.5) is 0 Å². The second-order valence-corrected chi connectivity index (χ2v) is 4.05. The zero-order valence-electron chi connectivity index (χ0n) is 10.6. The standard InChI is InChI=1S/C15H18O3/c1-13(16)11-12-18-15(17)10-6-5-9-14-7-3-2-4-8-14/h2-4,6-8,10H,5,9,11-12H2,1H3/b10-6+. The van der Waals surface area contributed by atoms with Gasteiger partial charge in [0.05, 0.1) is 6.61 Å². The van der Waals surface area contributed by atoms with Crippen molar-refractivity contribution in [3.8, 4) is 0 Å². The van der Waals surface area contributed by atoms with Crippen molar-refractivity contribution in [2.45, 2.75) is 26.2 Å². The summed E-state index contributed by atoms with van der Waals surface area (Å²) in [5.41, 5.74) is 1.24. The number of hydrogen-bond acceptors (Lipinski definition) is 3.